The van der Waals surface area contributed by atoms with Gasteiger partial charge in [0, 0.05) is 38.3 Å². The predicted molar refractivity (Wildman–Crippen MR) is 104 cm³/mol. The van der Waals surface area contributed by atoms with Gasteiger partial charge in [0.05, 0.1) is 24.8 Å². The third-order valence-corrected chi connectivity index (χ3v) is 5.56. The highest BCUT2D eigenvalue weighted by atomic mass is 35.5. The zero-order chi connectivity index (χ0) is 18.2. The van der Waals surface area contributed by atoms with Gasteiger partial charge in [-0.15, -0.1) is 0 Å². The maximum absolute atomic E-state index is 6.43. The van der Waals surface area contributed by atoms with E-state index in [1.807, 2.05) is 12.1 Å². The highest BCUT2D eigenvalue weighted by Gasteiger charge is 2.33. The van der Waals surface area contributed by atoms with Gasteiger partial charge in [0.1, 0.15) is 12.4 Å². The molecular weight excluding hydrogens is 352 g/mol. The second-order valence-corrected chi connectivity index (χ2v) is 7.66. The van der Waals surface area contributed by atoms with Crippen molar-refractivity contribution in [3.05, 3.63) is 28.8 Å². The lowest BCUT2D eigenvalue weighted by molar-refractivity contribution is 0.0322. The highest BCUT2D eigenvalue weighted by Crippen LogP contribution is 2.28. The number of benzene rings is 1. The van der Waals surface area contributed by atoms with Crippen molar-refractivity contribution in [1.29, 1.82) is 0 Å². The molecule has 2 saturated heterocycles. The van der Waals surface area contributed by atoms with Gasteiger partial charge in [-0.2, -0.15) is 0 Å². The highest BCUT2D eigenvalue weighted by molar-refractivity contribution is 6.32. The normalized spacial score (nSPS) is 24.1. The van der Waals surface area contributed by atoms with Crippen molar-refractivity contribution < 1.29 is 14.2 Å². The zero-order valence-electron chi connectivity index (χ0n) is 15.8. The molecule has 2 aliphatic rings. The summed E-state index contributed by atoms with van der Waals surface area (Å²) in [7, 11) is 0. The van der Waals surface area contributed by atoms with Gasteiger partial charge in [0.15, 0.2) is 0 Å². The van der Waals surface area contributed by atoms with E-state index in [1.54, 1.807) is 0 Å². The third-order valence-electron chi connectivity index (χ3n) is 5.26. The molecule has 1 aromatic rings. The monoisotopic (exact) mass is 382 g/mol. The van der Waals surface area contributed by atoms with Crippen LogP contribution in [0.5, 0.6) is 5.75 Å². The summed E-state index contributed by atoms with van der Waals surface area (Å²) in [6, 6.07) is 6.09. The minimum Gasteiger partial charge on any atom is -0.491 e. The van der Waals surface area contributed by atoms with Crippen molar-refractivity contribution in [2.45, 2.75) is 38.3 Å². The Hall–Kier alpha value is -0.850. The van der Waals surface area contributed by atoms with E-state index in [9.17, 15) is 0 Å². The molecule has 0 aromatic heterocycles. The summed E-state index contributed by atoms with van der Waals surface area (Å²) >= 11 is 6.43. The molecule has 0 saturated carbocycles. The summed E-state index contributed by atoms with van der Waals surface area (Å²) in [6.07, 6.45) is 3.38. The summed E-state index contributed by atoms with van der Waals surface area (Å²) in [5.41, 5.74) is 1.30. The van der Waals surface area contributed by atoms with Gasteiger partial charge in [-0.25, -0.2) is 0 Å². The summed E-state index contributed by atoms with van der Waals surface area (Å²) in [5, 5.41) is 4.38. The Balaban J connectivity index is 1.47. The Labute approximate surface area is 161 Å². The number of morpholine rings is 1. The van der Waals surface area contributed by atoms with E-state index in [2.05, 4.69) is 23.2 Å². The first-order chi connectivity index (χ1) is 12.7. The molecule has 0 bridgehead atoms. The minimum atomic E-state index is 0.120. The smallest absolute Gasteiger partial charge is 0.137 e. The molecule has 2 heterocycles. The van der Waals surface area contributed by atoms with Crippen molar-refractivity contribution in [1.82, 2.24) is 10.2 Å². The minimum absolute atomic E-state index is 0.120. The lowest BCUT2D eigenvalue weighted by atomic mass is 9.92. The van der Waals surface area contributed by atoms with E-state index in [-0.39, 0.29) is 5.54 Å². The molecule has 1 atom stereocenters. The number of hydrogen-bond acceptors (Lipinski definition) is 5. The second-order valence-electron chi connectivity index (χ2n) is 7.25. The molecule has 2 fully saturated rings. The van der Waals surface area contributed by atoms with Gasteiger partial charge in [0.2, 0.25) is 0 Å². The van der Waals surface area contributed by atoms with Crippen molar-refractivity contribution in [2.75, 3.05) is 52.7 Å². The molecule has 1 N–H and O–H groups in total. The van der Waals surface area contributed by atoms with Crippen LogP contribution in [0.2, 0.25) is 5.02 Å². The van der Waals surface area contributed by atoms with Gasteiger partial charge in [-0.05, 0) is 30.5 Å². The molecule has 0 spiro atoms. The fourth-order valence-corrected chi connectivity index (χ4v) is 3.94. The zero-order valence-corrected chi connectivity index (χ0v) is 16.5. The van der Waals surface area contributed by atoms with Gasteiger partial charge in [-0.3, -0.25) is 4.90 Å². The van der Waals surface area contributed by atoms with Crippen LogP contribution in [0.3, 0.4) is 0 Å². The number of ether oxygens (including phenoxy) is 3. The second kappa shape index (κ2) is 9.90. The first-order valence-corrected chi connectivity index (χ1v) is 10.1. The van der Waals surface area contributed by atoms with Crippen LogP contribution in [-0.4, -0.2) is 63.1 Å². The van der Waals surface area contributed by atoms with E-state index < -0.39 is 0 Å². The van der Waals surface area contributed by atoms with Crippen molar-refractivity contribution in [2.24, 2.45) is 0 Å². The van der Waals surface area contributed by atoms with Crippen LogP contribution in [0.4, 0.5) is 0 Å². The van der Waals surface area contributed by atoms with Crippen LogP contribution in [0.25, 0.3) is 0 Å². The lowest BCUT2D eigenvalue weighted by Gasteiger charge is -2.28. The van der Waals surface area contributed by atoms with Gasteiger partial charge in [0.25, 0.3) is 0 Å². The standard InChI is InChI=1S/C20H31ClN2O3/c1-2-5-20(6-10-25-16-20)22-15-17-3-4-19(18(21)14-17)26-13-9-23-7-11-24-12-8-23/h3-4,14,22H,2,5-13,15-16H2,1H3. The largest absolute Gasteiger partial charge is 0.491 e. The Morgan fingerprint density at radius 3 is 2.77 bits per heavy atom. The maximum Gasteiger partial charge on any atom is 0.137 e. The molecule has 1 unspecified atom stereocenters. The molecule has 1 aromatic carbocycles. The summed E-state index contributed by atoms with van der Waals surface area (Å²) < 4.78 is 16.9. The van der Waals surface area contributed by atoms with E-state index in [4.69, 9.17) is 25.8 Å². The summed E-state index contributed by atoms with van der Waals surface area (Å²) in [4.78, 5) is 2.35. The lowest BCUT2D eigenvalue weighted by Crippen LogP contribution is -2.45. The molecule has 0 radical (unpaired) electrons. The van der Waals surface area contributed by atoms with Gasteiger partial charge >= 0.3 is 0 Å². The average Bonchev–Trinajstić information content (AvgIpc) is 3.12. The maximum atomic E-state index is 6.43. The molecule has 0 aliphatic carbocycles. The molecule has 5 nitrogen and oxygen atoms in total. The number of nitrogens with zero attached hydrogens (tertiary/aromatic N) is 1. The quantitative estimate of drug-likeness (QED) is 0.710. The fourth-order valence-electron chi connectivity index (χ4n) is 3.68. The topological polar surface area (TPSA) is 43.0 Å². The third kappa shape index (κ3) is 5.57. The Bertz CT molecular complexity index is 558. The summed E-state index contributed by atoms with van der Waals surface area (Å²) in [6.45, 7) is 9.81. The van der Waals surface area contributed by atoms with Crippen LogP contribution in [0.15, 0.2) is 18.2 Å². The number of rotatable bonds is 9. The van der Waals surface area contributed by atoms with E-state index >= 15 is 0 Å². The SMILES string of the molecule is CCCC1(NCc2ccc(OCCN3CCOCC3)c(Cl)c2)CCOC1. The molecule has 2 aliphatic heterocycles. The number of nitrogens with one attached hydrogen (secondary N) is 1. The van der Waals surface area contributed by atoms with Crippen molar-refractivity contribution in [3.8, 4) is 5.75 Å². The first kappa shape index (κ1) is 19.9. The Kier molecular flexibility index (Phi) is 7.58. The van der Waals surface area contributed by atoms with Crippen LogP contribution in [-0.2, 0) is 16.0 Å². The van der Waals surface area contributed by atoms with Crippen LogP contribution in [0.1, 0.15) is 31.7 Å². The molecule has 146 valence electrons. The van der Waals surface area contributed by atoms with Gasteiger partial charge < -0.3 is 19.5 Å². The first-order valence-electron chi connectivity index (χ1n) is 9.75. The molecule has 26 heavy (non-hydrogen) atoms. The van der Waals surface area contributed by atoms with Crippen molar-refractivity contribution >= 4 is 11.6 Å². The van der Waals surface area contributed by atoms with Crippen LogP contribution in [0, 0.1) is 0 Å². The molecule has 6 heteroatoms. The number of halogens is 1. The van der Waals surface area contributed by atoms with E-state index in [1.165, 1.54) is 5.56 Å². The Morgan fingerprint density at radius 2 is 2.08 bits per heavy atom. The Morgan fingerprint density at radius 1 is 1.23 bits per heavy atom. The predicted octanol–water partition coefficient (Wildman–Crippen LogP) is 3.10. The van der Waals surface area contributed by atoms with Crippen molar-refractivity contribution in [3.63, 3.8) is 0 Å². The van der Waals surface area contributed by atoms with E-state index in [0.717, 1.165) is 77.6 Å². The average molecular weight is 383 g/mol. The van der Waals surface area contributed by atoms with Crippen LogP contribution < -0.4 is 10.1 Å². The molecular formula is C20H31ClN2O3. The van der Waals surface area contributed by atoms with E-state index in [0.29, 0.717) is 11.6 Å². The molecule has 0 amide bonds. The molecule has 3 rings (SSSR count). The summed E-state index contributed by atoms with van der Waals surface area (Å²) in [5.74, 6) is 0.760. The number of hydrogen-bond donors (Lipinski definition) is 1. The van der Waals surface area contributed by atoms with Gasteiger partial charge in [-0.1, -0.05) is 31.0 Å². The van der Waals surface area contributed by atoms with Crippen LogP contribution >= 0.6 is 11.6 Å². The fraction of sp³-hybridized carbons (Fsp3) is 0.700.